The van der Waals surface area contributed by atoms with Gasteiger partial charge in [0.1, 0.15) is 17.2 Å². The van der Waals surface area contributed by atoms with Gasteiger partial charge < -0.3 is 20.5 Å². The zero-order chi connectivity index (χ0) is 22.8. The van der Waals surface area contributed by atoms with Gasteiger partial charge in [0.15, 0.2) is 0 Å². The van der Waals surface area contributed by atoms with Crippen LogP contribution in [0.4, 0.5) is 11.6 Å². The average Bonchev–Trinajstić information content (AvgIpc) is 3.50. The molecule has 0 bridgehead atoms. The van der Waals surface area contributed by atoms with Gasteiger partial charge in [-0.3, -0.25) is 4.79 Å². The largest absolute Gasteiger partial charge is 0.507 e. The number of benzene rings is 2. The van der Waals surface area contributed by atoms with Crippen molar-refractivity contribution in [1.82, 2.24) is 25.9 Å². The summed E-state index contributed by atoms with van der Waals surface area (Å²) in [4.78, 5) is 12.8. The van der Waals surface area contributed by atoms with Crippen LogP contribution in [-0.4, -0.2) is 37.7 Å². The lowest BCUT2D eigenvalue weighted by Crippen LogP contribution is -2.36. The van der Waals surface area contributed by atoms with Crippen LogP contribution in [0.25, 0.3) is 0 Å². The summed E-state index contributed by atoms with van der Waals surface area (Å²) in [6, 6.07) is 6.62. The van der Waals surface area contributed by atoms with Crippen molar-refractivity contribution in [3.63, 3.8) is 0 Å². The molecule has 172 valence electrons. The van der Waals surface area contributed by atoms with Crippen molar-refractivity contribution < 1.29 is 14.6 Å². The van der Waals surface area contributed by atoms with E-state index in [0.29, 0.717) is 22.5 Å². The van der Waals surface area contributed by atoms with Crippen LogP contribution in [0.15, 0.2) is 24.3 Å². The lowest BCUT2D eigenvalue weighted by molar-refractivity contribution is 0.0924. The van der Waals surface area contributed by atoms with Crippen molar-refractivity contribution in [2.75, 3.05) is 5.32 Å². The number of halogens is 1. The predicted octanol–water partition coefficient (Wildman–Crippen LogP) is 4.65. The Morgan fingerprint density at radius 2 is 1.94 bits per heavy atom. The number of aromatic hydroxyl groups is 1. The molecule has 33 heavy (non-hydrogen) atoms. The average molecular weight is 469 g/mol. The van der Waals surface area contributed by atoms with Crippen molar-refractivity contribution >= 4 is 29.1 Å². The highest BCUT2D eigenvalue weighted by Crippen LogP contribution is 2.44. The molecule has 10 heteroatoms. The summed E-state index contributed by atoms with van der Waals surface area (Å²) >= 11 is 6.61. The molecule has 0 saturated heterocycles. The topological polar surface area (TPSA) is 125 Å². The molecule has 1 aromatic heterocycles. The molecule has 0 unspecified atom stereocenters. The Morgan fingerprint density at radius 3 is 2.73 bits per heavy atom. The number of H-pyrrole nitrogens is 1. The molecule has 0 aliphatic heterocycles. The minimum atomic E-state index is -0.290. The smallest absolute Gasteiger partial charge is 0.255 e. The highest BCUT2D eigenvalue weighted by atomic mass is 35.5. The van der Waals surface area contributed by atoms with Gasteiger partial charge in [-0.25, -0.2) is 5.10 Å². The molecule has 5 rings (SSSR count). The fourth-order valence-electron chi connectivity index (χ4n) is 4.67. The van der Waals surface area contributed by atoms with E-state index >= 15 is 0 Å². The molecular weight excluding hydrogens is 444 g/mol. The predicted molar refractivity (Wildman–Crippen MR) is 123 cm³/mol. The van der Waals surface area contributed by atoms with Crippen LogP contribution in [0.5, 0.6) is 17.2 Å². The van der Waals surface area contributed by atoms with E-state index < -0.39 is 0 Å². The third-order valence-electron chi connectivity index (χ3n) is 6.28. The summed E-state index contributed by atoms with van der Waals surface area (Å²) < 4.78 is 6.18. The Morgan fingerprint density at radius 1 is 1.12 bits per heavy atom. The number of hydrogen-bond acceptors (Lipinski definition) is 7. The number of hydrogen-bond donors (Lipinski definition) is 4. The molecule has 2 aliphatic carbocycles. The van der Waals surface area contributed by atoms with Crippen LogP contribution < -0.4 is 15.4 Å². The van der Waals surface area contributed by atoms with Crippen LogP contribution in [0.3, 0.4) is 0 Å². The number of aromatic amines is 1. The normalized spacial score (nSPS) is 15.8. The summed E-state index contributed by atoms with van der Waals surface area (Å²) in [5, 5.41) is 30.7. The number of fused-ring (bicyclic) bond motifs is 1. The van der Waals surface area contributed by atoms with Gasteiger partial charge in [-0.05, 0) is 72.4 Å². The van der Waals surface area contributed by atoms with Gasteiger partial charge in [0.25, 0.3) is 5.91 Å². The van der Waals surface area contributed by atoms with Gasteiger partial charge in [-0.2, -0.15) is 0 Å². The first-order valence-electron chi connectivity index (χ1n) is 11.2. The van der Waals surface area contributed by atoms with E-state index in [1.165, 1.54) is 12.5 Å². The number of rotatable bonds is 6. The maximum Gasteiger partial charge on any atom is 0.255 e. The van der Waals surface area contributed by atoms with Crippen LogP contribution in [0.1, 0.15) is 60.0 Å². The van der Waals surface area contributed by atoms with Gasteiger partial charge in [0.05, 0.1) is 10.6 Å². The Balaban J connectivity index is 1.39. The zero-order valence-electron chi connectivity index (χ0n) is 18.0. The number of amides is 1. The second kappa shape index (κ2) is 9.27. The van der Waals surface area contributed by atoms with Crippen molar-refractivity contribution in [1.29, 1.82) is 0 Å². The van der Waals surface area contributed by atoms with Gasteiger partial charge in [0, 0.05) is 17.3 Å². The number of nitrogens with one attached hydrogen (secondary N) is 3. The van der Waals surface area contributed by atoms with E-state index in [2.05, 4.69) is 31.3 Å². The fourth-order valence-corrected chi connectivity index (χ4v) is 4.93. The Hall–Kier alpha value is -3.33. The van der Waals surface area contributed by atoms with Gasteiger partial charge in [-0.1, -0.05) is 36.0 Å². The number of aromatic nitrogens is 4. The van der Waals surface area contributed by atoms with Crippen LogP contribution in [0, 0.1) is 0 Å². The number of carbonyl (C=O) groups excluding carboxylic acids is 1. The highest BCUT2D eigenvalue weighted by Gasteiger charge is 2.25. The number of phenols is 1. The fraction of sp³-hybridized carbons (Fsp3) is 0.391. The third kappa shape index (κ3) is 4.59. The van der Waals surface area contributed by atoms with Gasteiger partial charge >= 0.3 is 0 Å². The number of nitrogens with zero attached hydrogens (tertiary/aromatic N) is 3. The second-order valence-electron chi connectivity index (χ2n) is 8.51. The van der Waals surface area contributed by atoms with Crippen LogP contribution >= 0.6 is 11.6 Å². The number of anilines is 2. The van der Waals surface area contributed by atoms with E-state index in [-0.39, 0.29) is 23.3 Å². The Bertz CT molecular complexity index is 1160. The van der Waals surface area contributed by atoms with Gasteiger partial charge in [-0.15, -0.1) is 0 Å². The van der Waals surface area contributed by atoms with E-state index in [1.807, 2.05) is 0 Å². The Labute approximate surface area is 195 Å². The number of ether oxygens (including phenoxy) is 1. The molecule has 9 nitrogen and oxygen atoms in total. The van der Waals surface area contributed by atoms with E-state index in [0.717, 1.165) is 61.8 Å². The monoisotopic (exact) mass is 468 g/mol. The molecule has 1 saturated carbocycles. The molecule has 1 amide bonds. The van der Waals surface area contributed by atoms with Crippen molar-refractivity contribution in [2.45, 2.75) is 57.4 Å². The van der Waals surface area contributed by atoms with Crippen molar-refractivity contribution in [3.05, 3.63) is 46.0 Å². The minimum Gasteiger partial charge on any atom is -0.507 e. The minimum absolute atomic E-state index is 0.0767. The Kier molecular flexibility index (Phi) is 6.04. The molecule has 0 atom stereocenters. The van der Waals surface area contributed by atoms with Crippen LogP contribution in [0.2, 0.25) is 5.02 Å². The maximum atomic E-state index is 12.8. The standard InChI is InChI=1S/C23H25ClN6O3/c24-18-12-19(26-23-27-29-30-28-23)15-7-4-8-16(15)21(18)33-14-9-10-20(31)17(11-14)22(32)25-13-5-2-1-3-6-13/h9-13,31H,1-8H2,(H,25,32)(H2,26,27,28,29,30). The van der Waals surface area contributed by atoms with Crippen molar-refractivity contribution in [2.24, 2.45) is 0 Å². The van der Waals surface area contributed by atoms with Gasteiger partial charge in [0.2, 0.25) is 5.95 Å². The molecule has 2 aromatic carbocycles. The molecular formula is C23H25ClN6O3. The lowest BCUT2D eigenvalue weighted by atomic mass is 9.95. The second-order valence-corrected chi connectivity index (χ2v) is 8.92. The third-order valence-corrected chi connectivity index (χ3v) is 6.56. The number of tetrazole rings is 1. The summed E-state index contributed by atoms with van der Waals surface area (Å²) in [6.45, 7) is 0. The van der Waals surface area contributed by atoms with Crippen molar-refractivity contribution in [3.8, 4) is 17.2 Å². The molecule has 4 N–H and O–H groups in total. The molecule has 1 fully saturated rings. The molecule has 2 aliphatic rings. The summed E-state index contributed by atoms with van der Waals surface area (Å²) in [5.74, 6) is 1.07. The number of carbonyl (C=O) groups is 1. The maximum absolute atomic E-state index is 12.8. The molecule has 1 heterocycles. The van der Waals surface area contributed by atoms with E-state index in [9.17, 15) is 9.90 Å². The molecule has 3 aromatic rings. The molecule has 0 radical (unpaired) electrons. The lowest BCUT2D eigenvalue weighted by Gasteiger charge is -2.23. The van der Waals surface area contributed by atoms with E-state index in [4.69, 9.17) is 16.3 Å². The van der Waals surface area contributed by atoms with Crippen LogP contribution in [-0.2, 0) is 12.8 Å². The van der Waals surface area contributed by atoms with E-state index in [1.54, 1.807) is 18.2 Å². The first-order chi connectivity index (χ1) is 16.1. The summed E-state index contributed by atoms with van der Waals surface area (Å²) in [5.41, 5.74) is 3.14. The first kappa shape index (κ1) is 21.5. The quantitative estimate of drug-likeness (QED) is 0.415. The SMILES string of the molecule is O=C(NC1CCCCC1)c1cc(Oc2c(Cl)cc(Nc3nnn[nH]3)c3c2CCC3)ccc1O. The summed E-state index contributed by atoms with van der Waals surface area (Å²) in [6.07, 6.45) is 8.03. The summed E-state index contributed by atoms with van der Waals surface area (Å²) in [7, 11) is 0. The zero-order valence-corrected chi connectivity index (χ0v) is 18.8. The number of phenolic OH excluding ortho intramolecular Hbond substituents is 1. The highest BCUT2D eigenvalue weighted by molar-refractivity contribution is 6.32. The first-order valence-corrected chi connectivity index (χ1v) is 11.6. The molecule has 0 spiro atoms.